The molecule has 0 saturated heterocycles. The fourth-order valence-corrected chi connectivity index (χ4v) is 4.42. The summed E-state index contributed by atoms with van der Waals surface area (Å²) in [5.74, 6) is 0.464. The molecular weight excluding hydrogens is 396 g/mol. The summed E-state index contributed by atoms with van der Waals surface area (Å²) in [6, 6.07) is 11.3. The Balaban J connectivity index is 1.63. The molecule has 0 atom stereocenters. The standard InChI is InChI=1S/C20H19ClN4O2S/c1-3-18-23-24(11-19(26)22-10-13-6-4-5-7-14(13)21)20(27)16-9-17-15(25(16)18)8-12(2)28-17/h4-9H,3,10-11H2,1-2H3,(H,22,26). The third kappa shape index (κ3) is 3.31. The summed E-state index contributed by atoms with van der Waals surface area (Å²) in [6.45, 7) is 4.20. The zero-order valence-corrected chi connectivity index (χ0v) is 17.1. The van der Waals surface area contributed by atoms with Gasteiger partial charge in [0.2, 0.25) is 5.91 Å². The van der Waals surface area contributed by atoms with Crippen molar-refractivity contribution in [2.75, 3.05) is 0 Å². The molecule has 0 bridgehead atoms. The van der Waals surface area contributed by atoms with Crippen molar-refractivity contribution >= 4 is 44.6 Å². The predicted octanol–water partition coefficient (Wildman–Crippen LogP) is 3.55. The van der Waals surface area contributed by atoms with Gasteiger partial charge in [0, 0.05) is 22.9 Å². The molecule has 1 aromatic carbocycles. The molecule has 8 heteroatoms. The van der Waals surface area contributed by atoms with Gasteiger partial charge in [0.25, 0.3) is 5.56 Å². The van der Waals surface area contributed by atoms with Crippen LogP contribution in [0.4, 0.5) is 0 Å². The van der Waals surface area contributed by atoms with Gasteiger partial charge in [-0.15, -0.1) is 11.3 Å². The Morgan fingerprint density at radius 1 is 1.25 bits per heavy atom. The Kier molecular flexibility index (Phi) is 4.95. The van der Waals surface area contributed by atoms with Gasteiger partial charge in [0.15, 0.2) is 0 Å². The highest BCUT2D eigenvalue weighted by Gasteiger charge is 2.16. The van der Waals surface area contributed by atoms with Crippen molar-refractivity contribution in [3.8, 4) is 0 Å². The average Bonchev–Trinajstić information content (AvgIpc) is 3.20. The van der Waals surface area contributed by atoms with Crippen LogP contribution in [0.2, 0.25) is 5.02 Å². The fraction of sp³-hybridized carbons (Fsp3) is 0.250. The fourth-order valence-electron chi connectivity index (χ4n) is 3.28. The molecule has 0 unspecified atom stereocenters. The van der Waals surface area contributed by atoms with Crippen LogP contribution in [-0.2, 0) is 24.3 Å². The van der Waals surface area contributed by atoms with E-state index in [-0.39, 0.29) is 18.0 Å². The Morgan fingerprint density at radius 2 is 2.04 bits per heavy atom. The van der Waals surface area contributed by atoms with Crippen LogP contribution in [0.25, 0.3) is 15.7 Å². The third-order valence-electron chi connectivity index (χ3n) is 4.60. The lowest BCUT2D eigenvalue weighted by molar-refractivity contribution is -0.122. The number of nitrogens with zero attached hydrogens (tertiary/aromatic N) is 3. The van der Waals surface area contributed by atoms with Crippen LogP contribution in [-0.4, -0.2) is 20.1 Å². The molecular formula is C20H19ClN4O2S. The summed E-state index contributed by atoms with van der Waals surface area (Å²) in [5.41, 5.74) is 2.09. The first-order chi connectivity index (χ1) is 13.5. The van der Waals surface area contributed by atoms with Crippen LogP contribution in [0, 0.1) is 6.92 Å². The Hall–Kier alpha value is -2.64. The lowest BCUT2D eigenvalue weighted by Gasteiger charge is -2.11. The number of thiophene rings is 1. The van der Waals surface area contributed by atoms with Gasteiger partial charge in [0.05, 0.1) is 10.2 Å². The lowest BCUT2D eigenvalue weighted by Crippen LogP contribution is -2.35. The van der Waals surface area contributed by atoms with Gasteiger partial charge in [-0.2, -0.15) is 5.10 Å². The van der Waals surface area contributed by atoms with Gasteiger partial charge in [-0.05, 0) is 30.7 Å². The molecule has 4 aromatic rings. The van der Waals surface area contributed by atoms with E-state index in [0.29, 0.717) is 23.5 Å². The first-order valence-electron chi connectivity index (χ1n) is 8.99. The Labute approximate surface area is 170 Å². The van der Waals surface area contributed by atoms with Crippen LogP contribution in [0.3, 0.4) is 0 Å². The highest BCUT2D eigenvalue weighted by molar-refractivity contribution is 7.19. The molecule has 4 rings (SSSR count). The topological polar surface area (TPSA) is 68.4 Å². The summed E-state index contributed by atoms with van der Waals surface area (Å²) in [6.07, 6.45) is 0.650. The maximum Gasteiger partial charge on any atom is 0.291 e. The predicted molar refractivity (Wildman–Crippen MR) is 112 cm³/mol. The molecule has 3 heterocycles. The molecule has 0 aliphatic rings. The minimum absolute atomic E-state index is 0.134. The molecule has 0 aliphatic carbocycles. The van der Waals surface area contributed by atoms with Crippen molar-refractivity contribution in [2.24, 2.45) is 0 Å². The number of carbonyl (C=O) groups excluding carboxylic acids is 1. The third-order valence-corrected chi connectivity index (χ3v) is 5.96. The lowest BCUT2D eigenvalue weighted by atomic mass is 10.2. The molecule has 6 nitrogen and oxygen atoms in total. The minimum atomic E-state index is -0.287. The monoisotopic (exact) mass is 414 g/mol. The van der Waals surface area contributed by atoms with Crippen molar-refractivity contribution in [3.05, 3.63) is 68.0 Å². The van der Waals surface area contributed by atoms with Crippen molar-refractivity contribution < 1.29 is 4.79 Å². The second-order valence-corrected chi connectivity index (χ2v) is 8.27. The number of aryl methyl sites for hydroxylation is 2. The summed E-state index contributed by atoms with van der Waals surface area (Å²) < 4.78 is 4.19. The Bertz CT molecular complexity index is 1250. The molecule has 3 aromatic heterocycles. The van der Waals surface area contributed by atoms with Gasteiger partial charge in [-0.3, -0.25) is 14.0 Å². The van der Waals surface area contributed by atoms with Gasteiger partial charge >= 0.3 is 0 Å². The van der Waals surface area contributed by atoms with E-state index in [1.807, 2.05) is 42.5 Å². The van der Waals surface area contributed by atoms with Crippen molar-refractivity contribution in [2.45, 2.75) is 33.4 Å². The second kappa shape index (κ2) is 7.41. The second-order valence-electron chi connectivity index (χ2n) is 6.57. The van der Waals surface area contributed by atoms with E-state index in [2.05, 4.69) is 16.5 Å². The normalized spacial score (nSPS) is 11.4. The van der Waals surface area contributed by atoms with Crippen LogP contribution in [0.1, 0.15) is 23.2 Å². The zero-order valence-electron chi connectivity index (χ0n) is 15.5. The highest BCUT2D eigenvalue weighted by Crippen LogP contribution is 2.28. The Morgan fingerprint density at radius 3 is 2.79 bits per heavy atom. The number of nitrogens with one attached hydrogen (secondary N) is 1. The quantitative estimate of drug-likeness (QED) is 0.543. The van der Waals surface area contributed by atoms with Gasteiger partial charge in [-0.25, -0.2) is 4.68 Å². The first-order valence-corrected chi connectivity index (χ1v) is 10.2. The molecule has 1 N–H and O–H groups in total. The van der Waals surface area contributed by atoms with Gasteiger partial charge in [-0.1, -0.05) is 36.7 Å². The van der Waals surface area contributed by atoms with E-state index in [1.165, 1.54) is 9.56 Å². The highest BCUT2D eigenvalue weighted by atomic mass is 35.5. The summed E-state index contributed by atoms with van der Waals surface area (Å²) in [7, 11) is 0. The molecule has 0 aliphatic heterocycles. The van der Waals surface area contributed by atoms with E-state index in [9.17, 15) is 9.59 Å². The van der Waals surface area contributed by atoms with Crippen molar-refractivity contribution in [1.82, 2.24) is 19.5 Å². The number of fused-ring (bicyclic) bond motifs is 3. The average molecular weight is 415 g/mol. The number of halogens is 1. The number of amides is 1. The number of rotatable bonds is 5. The number of benzene rings is 1. The van der Waals surface area contributed by atoms with Gasteiger partial charge < -0.3 is 5.32 Å². The van der Waals surface area contributed by atoms with Crippen molar-refractivity contribution in [1.29, 1.82) is 0 Å². The molecule has 144 valence electrons. The summed E-state index contributed by atoms with van der Waals surface area (Å²) in [5, 5.41) is 7.84. The first kappa shape index (κ1) is 18.7. The number of carbonyl (C=O) groups is 1. The summed E-state index contributed by atoms with van der Waals surface area (Å²) in [4.78, 5) is 26.5. The largest absolute Gasteiger partial charge is 0.350 e. The maximum absolute atomic E-state index is 12.9. The molecule has 0 radical (unpaired) electrons. The van der Waals surface area contributed by atoms with Crippen LogP contribution in [0.5, 0.6) is 0 Å². The molecule has 0 fully saturated rings. The van der Waals surface area contributed by atoms with E-state index in [0.717, 1.165) is 21.6 Å². The van der Waals surface area contributed by atoms with E-state index >= 15 is 0 Å². The minimum Gasteiger partial charge on any atom is -0.350 e. The van der Waals surface area contributed by atoms with Crippen LogP contribution < -0.4 is 10.9 Å². The summed E-state index contributed by atoms with van der Waals surface area (Å²) >= 11 is 7.76. The SMILES string of the molecule is CCc1nn(CC(=O)NCc2ccccc2Cl)c(=O)c2cc3sc(C)cc3n12. The molecule has 0 saturated carbocycles. The van der Waals surface area contributed by atoms with Gasteiger partial charge in [0.1, 0.15) is 17.9 Å². The van der Waals surface area contributed by atoms with E-state index < -0.39 is 0 Å². The molecule has 28 heavy (non-hydrogen) atoms. The smallest absolute Gasteiger partial charge is 0.291 e. The number of aromatic nitrogens is 3. The van der Waals surface area contributed by atoms with E-state index in [1.54, 1.807) is 17.4 Å². The van der Waals surface area contributed by atoms with Crippen LogP contribution >= 0.6 is 22.9 Å². The number of hydrogen-bond donors (Lipinski definition) is 1. The van der Waals surface area contributed by atoms with E-state index in [4.69, 9.17) is 11.6 Å². The van der Waals surface area contributed by atoms with Crippen LogP contribution in [0.15, 0.2) is 41.2 Å². The zero-order chi connectivity index (χ0) is 19.8. The van der Waals surface area contributed by atoms with Crippen molar-refractivity contribution in [3.63, 3.8) is 0 Å². The molecule has 1 amide bonds. The number of hydrogen-bond acceptors (Lipinski definition) is 4. The molecule has 0 spiro atoms. The maximum atomic E-state index is 12.9.